The van der Waals surface area contributed by atoms with E-state index in [1.54, 1.807) is 32.3 Å². The number of ether oxygens (including phenoxy) is 1. The number of fused-ring (bicyclic) bond motifs is 1. The van der Waals surface area contributed by atoms with Crippen LogP contribution in [0, 0.1) is 0 Å². The Morgan fingerprint density at radius 2 is 2.00 bits per heavy atom. The van der Waals surface area contributed by atoms with Gasteiger partial charge in [0.2, 0.25) is 11.8 Å². The number of rotatable bonds is 5. The standard InChI is InChI=1S/C20H21N5O4/c1-12-16(20(27)25(2)17-14(28-12)9-6-10-21-17)22-18(26)19-24-23-15(29-19)11-13-7-4-3-5-8-13/h3-10,12,16,18,22,26H,11H2,1-2H3/t12-,16+,18?/m1/s1. The molecule has 1 amide bonds. The van der Waals surface area contributed by atoms with Crippen LogP contribution in [0.1, 0.15) is 30.5 Å². The maximum absolute atomic E-state index is 12.9. The predicted molar refractivity (Wildman–Crippen MR) is 103 cm³/mol. The molecule has 9 nitrogen and oxygen atoms in total. The Bertz CT molecular complexity index is 993. The van der Waals surface area contributed by atoms with E-state index in [4.69, 9.17) is 9.15 Å². The van der Waals surface area contributed by atoms with Crippen molar-refractivity contribution in [2.45, 2.75) is 31.7 Å². The number of pyridine rings is 1. The van der Waals surface area contributed by atoms with Crippen LogP contribution in [0.5, 0.6) is 5.75 Å². The molecule has 3 heterocycles. The molecule has 0 bridgehead atoms. The Balaban J connectivity index is 1.48. The van der Waals surface area contributed by atoms with E-state index in [0.29, 0.717) is 23.9 Å². The molecule has 2 N–H and O–H groups in total. The van der Waals surface area contributed by atoms with Crippen LogP contribution in [0.3, 0.4) is 0 Å². The maximum Gasteiger partial charge on any atom is 0.259 e. The molecule has 0 aliphatic carbocycles. The first kappa shape index (κ1) is 19.0. The fourth-order valence-electron chi connectivity index (χ4n) is 3.18. The lowest BCUT2D eigenvalue weighted by Crippen LogP contribution is -2.52. The smallest absolute Gasteiger partial charge is 0.259 e. The maximum atomic E-state index is 12.9. The summed E-state index contributed by atoms with van der Waals surface area (Å²) in [5.41, 5.74) is 1.01. The molecule has 0 radical (unpaired) electrons. The molecule has 0 spiro atoms. The van der Waals surface area contributed by atoms with E-state index in [-0.39, 0.29) is 11.8 Å². The number of benzene rings is 1. The molecule has 9 heteroatoms. The highest BCUT2D eigenvalue weighted by atomic mass is 16.5. The Morgan fingerprint density at radius 1 is 1.21 bits per heavy atom. The molecule has 3 atom stereocenters. The Labute approximate surface area is 167 Å². The average molecular weight is 395 g/mol. The van der Waals surface area contributed by atoms with Gasteiger partial charge in [0.25, 0.3) is 5.89 Å². The van der Waals surface area contributed by atoms with Gasteiger partial charge in [-0.15, -0.1) is 10.2 Å². The topological polar surface area (TPSA) is 114 Å². The largest absolute Gasteiger partial charge is 0.485 e. The third kappa shape index (κ3) is 3.96. The highest BCUT2D eigenvalue weighted by Gasteiger charge is 2.37. The number of carbonyl (C=O) groups is 1. The first-order valence-electron chi connectivity index (χ1n) is 9.22. The highest BCUT2D eigenvalue weighted by Crippen LogP contribution is 2.30. The zero-order valence-electron chi connectivity index (χ0n) is 16.0. The summed E-state index contributed by atoms with van der Waals surface area (Å²) in [6.07, 6.45) is 0.157. The van der Waals surface area contributed by atoms with Gasteiger partial charge in [0, 0.05) is 13.2 Å². The number of aliphatic hydroxyl groups excluding tert-OH is 1. The minimum Gasteiger partial charge on any atom is -0.485 e. The summed E-state index contributed by atoms with van der Waals surface area (Å²) in [5.74, 6) is 0.984. The Morgan fingerprint density at radius 3 is 2.79 bits per heavy atom. The second kappa shape index (κ2) is 7.98. The quantitative estimate of drug-likeness (QED) is 0.624. The molecule has 0 saturated heterocycles. The summed E-state index contributed by atoms with van der Waals surface area (Å²) >= 11 is 0. The second-order valence-corrected chi connectivity index (χ2v) is 6.79. The van der Waals surface area contributed by atoms with E-state index in [0.717, 1.165) is 5.56 Å². The number of nitrogens with one attached hydrogen (secondary N) is 1. The fraction of sp³-hybridized carbons (Fsp3) is 0.300. The van der Waals surface area contributed by atoms with Crippen LogP contribution in [-0.2, 0) is 11.2 Å². The van der Waals surface area contributed by atoms with Crippen LogP contribution in [0.4, 0.5) is 5.82 Å². The lowest BCUT2D eigenvalue weighted by atomic mass is 10.1. The van der Waals surface area contributed by atoms with Crippen molar-refractivity contribution >= 4 is 11.7 Å². The SMILES string of the molecule is C[C@H]1Oc2cccnc2N(C)C(=O)[C@H]1NC(O)c1nnc(Cc2ccccc2)o1. The number of aliphatic hydroxyl groups is 1. The number of carbonyl (C=O) groups excluding carboxylic acids is 1. The lowest BCUT2D eigenvalue weighted by molar-refractivity contribution is -0.123. The monoisotopic (exact) mass is 395 g/mol. The molecular weight excluding hydrogens is 374 g/mol. The van der Waals surface area contributed by atoms with Crippen LogP contribution in [0.2, 0.25) is 0 Å². The third-order valence-corrected chi connectivity index (χ3v) is 4.70. The molecule has 0 fully saturated rings. The van der Waals surface area contributed by atoms with E-state index in [1.807, 2.05) is 30.3 Å². The van der Waals surface area contributed by atoms with E-state index in [9.17, 15) is 9.90 Å². The van der Waals surface area contributed by atoms with Crippen molar-refractivity contribution in [3.8, 4) is 5.75 Å². The van der Waals surface area contributed by atoms with Crippen molar-refractivity contribution in [2.75, 3.05) is 11.9 Å². The minimum atomic E-state index is -1.32. The Hall–Kier alpha value is -3.30. The summed E-state index contributed by atoms with van der Waals surface area (Å²) in [7, 11) is 1.61. The minimum absolute atomic E-state index is 0.0153. The summed E-state index contributed by atoms with van der Waals surface area (Å²) < 4.78 is 11.4. The predicted octanol–water partition coefficient (Wildman–Crippen LogP) is 1.45. The zero-order valence-corrected chi connectivity index (χ0v) is 16.0. The molecular formula is C20H21N5O4. The number of amides is 1. The van der Waals surface area contributed by atoms with Gasteiger partial charge >= 0.3 is 0 Å². The summed E-state index contributed by atoms with van der Waals surface area (Å²) in [5, 5.41) is 21.2. The van der Waals surface area contributed by atoms with Crippen LogP contribution in [0.25, 0.3) is 0 Å². The average Bonchev–Trinajstić information content (AvgIpc) is 3.17. The molecule has 29 heavy (non-hydrogen) atoms. The molecule has 0 saturated carbocycles. The highest BCUT2D eigenvalue weighted by molar-refractivity contribution is 5.98. The number of hydrogen-bond acceptors (Lipinski definition) is 8. The summed E-state index contributed by atoms with van der Waals surface area (Å²) in [4.78, 5) is 18.5. The molecule has 1 aliphatic rings. The van der Waals surface area contributed by atoms with Crippen LogP contribution < -0.4 is 15.0 Å². The molecule has 3 aromatic rings. The van der Waals surface area contributed by atoms with E-state index in [1.165, 1.54) is 4.90 Å². The van der Waals surface area contributed by atoms with Gasteiger partial charge in [-0.05, 0) is 24.6 Å². The number of likely N-dealkylation sites (N-methyl/N-ethyl adjacent to an activating group) is 1. The van der Waals surface area contributed by atoms with E-state index < -0.39 is 18.4 Å². The van der Waals surface area contributed by atoms with Crippen molar-refractivity contribution in [2.24, 2.45) is 0 Å². The second-order valence-electron chi connectivity index (χ2n) is 6.79. The fourth-order valence-corrected chi connectivity index (χ4v) is 3.18. The van der Waals surface area contributed by atoms with Gasteiger partial charge in [0.1, 0.15) is 12.1 Å². The number of hydrogen-bond donors (Lipinski definition) is 2. The molecule has 150 valence electrons. The van der Waals surface area contributed by atoms with E-state index >= 15 is 0 Å². The number of nitrogens with zero attached hydrogens (tertiary/aromatic N) is 4. The summed E-state index contributed by atoms with van der Waals surface area (Å²) in [6.45, 7) is 1.74. The van der Waals surface area contributed by atoms with Gasteiger partial charge in [-0.3, -0.25) is 15.0 Å². The zero-order chi connectivity index (χ0) is 20.4. The van der Waals surface area contributed by atoms with Crippen molar-refractivity contribution in [1.29, 1.82) is 0 Å². The van der Waals surface area contributed by atoms with Crippen LogP contribution in [-0.4, -0.2) is 45.4 Å². The molecule has 1 aliphatic heterocycles. The molecule has 2 aromatic heterocycles. The van der Waals surface area contributed by atoms with Gasteiger partial charge in [0.05, 0.1) is 6.42 Å². The summed E-state index contributed by atoms with van der Waals surface area (Å²) in [6, 6.07) is 12.3. The van der Waals surface area contributed by atoms with Crippen molar-refractivity contribution in [3.05, 3.63) is 66.0 Å². The van der Waals surface area contributed by atoms with E-state index in [2.05, 4.69) is 20.5 Å². The first-order chi connectivity index (χ1) is 14.0. The molecule has 4 rings (SSSR count). The lowest BCUT2D eigenvalue weighted by Gasteiger charge is -2.24. The number of aromatic nitrogens is 3. The Kier molecular flexibility index (Phi) is 5.24. The third-order valence-electron chi connectivity index (χ3n) is 4.70. The van der Waals surface area contributed by atoms with Gasteiger partial charge in [-0.25, -0.2) is 4.98 Å². The van der Waals surface area contributed by atoms with Crippen molar-refractivity contribution in [3.63, 3.8) is 0 Å². The number of anilines is 1. The van der Waals surface area contributed by atoms with Gasteiger partial charge in [-0.1, -0.05) is 30.3 Å². The first-order valence-corrected chi connectivity index (χ1v) is 9.22. The van der Waals surface area contributed by atoms with Crippen LogP contribution in [0.15, 0.2) is 53.1 Å². The van der Waals surface area contributed by atoms with Gasteiger partial charge < -0.3 is 14.3 Å². The van der Waals surface area contributed by atoms with Gasteiger partial charge in [-0.2, -0.15) is 0 Å². The molecule has 1 aromatic carbocycles. The normalized spacial score (nSPS) is 20.0. The van der Waals surface area contributed by atoms with Gasteiger partial charge in [0.15, 0.2) is 17.8 Å². The van der Waals surface area contributed by atoms with Crippen LogP contribution >= 0.6 is 0 Å². The van der Waals surface area contributed by atoms with Crippen molar-refractivity contribution < 1.29 is 19.1 Å². The van der Waals surface area contributed by atoms with Crippen molar-refractivity contribution in [1.82, 2.24) is 20.5 Å². The molecule has 1 unspecified atom stereocenters.